The van der Waals surface area contributed by atoms with Crippen molar-refractivity contribution in [2.75, 3.05) is 11.9 Å². The van der Waals surface area contributed by atoms with Gasteiger partial charge in [0.15, 0.2) is 4.47 Å². The molecule has 0 spiro atoms. The molecule has 0 saturated heterocycles. The summed E-state index contributed by atoms with van der Waals surface area (Å²) in [4.78, 5) is 4.89. The number of benzene rings is 1. The molecule has 2 rings (SSSR count). The van der Waals surface area contributed by atoms with Crippen molar-refractivity contribution in [3.63, 3.8) is 0 Å². The van der Waals surface area contributed by atoms with Crippen molar-refractivity contribution >= 4 is 28.6 Å². The topological polar surface area (TPSA) is 34.2 Å². The van der Waals surface area contributed by atoms with E-state index >= 15 is 0 Å². The highest BCUT2D eigenvalue weighted by Gasteiger charge is 2.09. The standard InChI is InChI=1S/C13H13ClF2N2OS/c1-8-2-3-10(11(4-8)19-7-12(15)16)17-5-9-6-18-13(14)20-9/h2-4,6,12,17H,5,7H2,1H3. The van der Waals surface area contributed by atoms with E-state index in [-0.39, 0.29) is 0 Å². The fourth-order valence-corrected chi connectivity index (χ4v) is 2.51. The number of hydrogen-bond acceptors (Lipinski definition) is 4. The zero-order valence-electron chi connectivity index (χ0n) is 10.7. The van der Waals surface area contributed by atoms with Crippen LogP contribution in [-0.2, 0) is 6.54 Å². The average Bonchev–Trinajstić information content (AvgIpc) is 2.81. The lowest BCUT2D eigenvalue weighted by atomic mass is 10.2. The summed E-state index contributed by atoms with van der Waals surface area (Å²) in [5.74, 6) is 0.418. The molecule has 0 atom stereocenters. The van der Waals surface area contributed by atoms with Crippen LogP contribution in [0, 0.1) is 6.92 Å². The van der Waals surface area contributed by atoms with E-state index in [0.29, 0.717) is 22.4 Å². The van der Waals surface area contributed by atoms with E-state index in [2.05, 4.69) is 10.3 Å². The van der Waals surface area contributed by atoms with Crippen molar-refractivity contribution in [1.29, 1.82) is 0 Å². The predicted octanol–water partition coefficient (Wildman–Crippen LogP) is 4.36. The summed E-state index contributed by atoms with van der Waals surface area (Å²) in [5.41, 5.74) is 1.61. The van der Waals surface area contributed by atoms with Gasteiger partial charge in [-0.15, -0.1) is 11.3 Å². The number of rotatable bonds is 6. The number of ether oxygens (including phenoxy) is 1. The minimum absolute atomic E-state index is 0.418. The summed E-state index contributed by atoms with van der Waals surface area (Å²) in [5, 5.41) is 3.14. The molecule has 0 saturated carbocycles. The smallest absolute Gasteiger partial charge is 0.272 e. The Balaban J connectivity index is 2.05. The molecule has 0 bridgehead atoms. The summed E-state index contributed by atoms with van der Waals surface area (Å²) in [6.07, 6.45) is -0.822. The third kappa shape index (κ3) is 4.31. The number of nitrogens with zero attached hydrogens (tertiary/aromatic N) is 1. The Morgan fingerprint density at radius 2 is 2.25 bits per heavy atom. The first-order chi connectivity index (χ1) is 9.54. The van der Waals surface area contributed by atoms with Gasteiger partial charge in [0.1, 0.15) is 12.4 Å². The van der Waals surface area contributed by atoms with Crippen LogP contribution >= 0.6 is 22.9 Å². The molecule has 0 radical (unpaired) electrons. The van der Waals surface area contributed by atoms with Gasteiger partial charge in [0.05, 0.1) is 12.2 Å². The maximum atomic E-state index is 12.2. The quantitative estimate of drug-likeness (QED) is 0.859. The van der Waals surface area contributed by atoms with E-state index in [1.54, 1.807) is 18.3 Å². The molecule has 2 aromatic rings. The van der Waals surface area contributed by atoms with Gasteiger partial charge in [0.25, 0.3) is 6.43 Å². The fourth-order valence-electron chi connectivity index (χ4n) is 1.60. The first-order valence-electron chi connectivity index (χ1n) is 5.90. The number of alkyl halides is 2. The Labute approximate surface area is 124 Å². The molecule has 1 heterocycles. The lowest BCUT2D eigenvalue weighted by molar-refractivity contribution is 0.0822. The highest BCUT2D eigenvalue weighted by molar-refractivity contribution is 7.15. The monoisotopic (exact) mass is 318 g/mol. The van der Waals surface area contributed by atoms with Crippen molar-refractivity contribution in [1.82, 2.24) is 4.98 Å². The predicted molar refractivity (Wildman–Crippen MR) is 77.1 cm³/mol. The molecule has 0 amide bonds. The minimum atomic E-state index is -2.50. The van der Waals surface area contributed by atoms with Crippen LogP contribution < -0.4 is 10.1 Å². The van der Waals surface area contributed by atoms with Gasteiger partial charge >= 0.3 is 0 Å². The fraction of sp³-hybridized carbons (Fsp3) is 0.308. The van der Waals surface area contributed by atoms with Gasteiger partial charge in [-0.1, -0.05) is 17.7 Å². The lowest BCUT2D eigenvalue weighted by Crippen LogP contribution is -2.09. The van der Waals surface area contributed by atoms with Crippen LogP contribution in [0.25, 0.3) is 0 Å². The van der Waals surface area contributed by atoms with E-state index in [0.717, 1.165) is 10.4 Å². The Kier molecular flexibility index (Phi) is 5.14. The van der Waals surface area contributed by atoms with Gasteiger partial charge in [-0.05, 0) is 24.6 Å². The SMILES string of the molecule is Cc1ccc(NCc2cnc(Cl)s2)c(OCC(F)F)c1. The van der Waals surface area contributed by atoms with Crippen LogP contribution in [0.1, 0.15) is 10.4 Å². The molecule has 0 aliphatic heterocycles. The highest BCUT2D eigenvalue weighted by atomic mass is 35.5. The van der Waals surface area contributed by atoms with Gasteiger partial charge in [-0.3, -0.25) is 0 Å². The number of halogens is 3. The van der Waals surface area contributed by atoms with E-state index < -0.39 is 13.0 Å². The van der Waals surface area contributed by atoms with Gasteiger partial charge < -0.3 is 10.1 Å². The largest absolute Gasteiger partial charge is 0.485 e. The number of hydrogen-bond donors (Lipinski definition) is 1. The molecule has 20 heavy (non-hydrogen) atoms. The molecule has 108 valence electrons. The molecule has 0 aliphatic carbocycles. The summed E-state index contributed by atoms with van der Waals surface area (Å²) >= 11 is 7.12. The van der Waals surface area contributed by atoms with Crippen LogP contribution in [-0.4, -0.2) is 18.0 Å². The molecule has 3 nitrogen and oxygen atoms in total. The molecular formula is C13H13ClF2N2OS. The Morgan fingerprint density at radius 1 is 1.45 bits per heavy atom. The summed E-state index contributed by atoms with van der Waals surface area (Å²) in [6.45, 7) is 1.77. The first-order valence-corrected chi connectivity index (χ1v) is 7.09. The highest BCUT2D eigenvalue weighted by Crippen LogP contribution is 2.27. The van der Waals surface area contributed by atoms with E-state index in [4.69, 9.17) is 16.3 Å². The van der Waals surface area contributed by atoms with Crippen LogP contribution in [0.3, 0.4) is 0 Å². The van der Waals surface area contributed by atoms with Gasteiger partial charge in [0.2, 0.25) is 0 Å². The third-order valence-electron chi connectivity index (χ3n) is 2.48. The van der Waals surface area contributed by atoms with Crippen LogP contribution in [0.2, 0.25) is 4.47 Å². The lowest BCUT2D eigenvalue weighted by Gasteiger charge is -2.13. The molecule has 1 aromatic heterocycles. The molecule has 1 aromatic carbocycles. The molecule has 0 unspecified atom stereocenters. The van der Waals surface area contributed by atoms with Gasteiger partial charge in [-0.2, -0.15) is 0 Å². The second-order valence-corrected chi connectivity index (χ2v) is 5.83. The molecule has 1 N–H and O–H groups in total. The first kappa shape index (κ1) is 15.0. The zero-order chi connectivity index (χ0) is 14.5. The Bertz CT molecular complexity index is 577. The van der Waals surface area contributed by atoms with Crippen molar-refractivity contribution < 1.29 is 13.5 Å². The van der Waals surface area contributed by atoms with Crippen molar-refractivity contribution in [2.24, 2.45) is 0 Å². The van der Waals surface area contributed by atoms with Crippen molar-refractivity contribution in [3.05, 3.63) is 39.3 Å². The minimum Gasteiger partial charge on any atom is -0.485 e. The summed E-state index contributed by atoms with van der Waals surface area (Å²) in [7, 11) is 0. The number of anilines is 1. The van der Waals surface area contributed by atoms with Crippen molar-refractivity contribution in [3.8, 4) is 5.75 Å². The van der Waals surface area contributed by atoms with E-state index in [9.17, 15) is 8.78 Å². The van der Waals surface area contributed by atoms with Crippen LogP contribution in [0.5, 0.6) is 5.75 Å². The summed E-state index contributed by atoms with van der Waals surface area (Å²) < 4.78 is 30.1. The molecular weight excluding hydrogens is 306 g/mol. The van der Waals surface area contributed by atoms with Gasteiger partial charge in [0, 0.05) is 11.1 Å². The zero-order valence-corrected chi connectivity index (χ0v) is 12.3. The number of aromatic nitrogens is 1. The molecule has 0 aliphatic rings. The summed E-state index contributed by atoms with van der Waals surface area (Å²) in [6, 6.07) is 5.42. The third-order valence-corrected chi connectivity index (χ3v) is 3.60. The van der Waals surface area contributed by atoms with Crippen LogP contribution in [0.4, 0.5) is 14.5 Å². The second kappa shape index (κ2) is 6.85. The maximum absolute atomic E-state index is 12.2. The number of aryl methyl sites for hydroxylation is 1. The molecule has 0 fully saturated rings. The van der Waals surface area contributed by atoms with E-state index in [1.165, 1.54) is 11.3 Å². The average molecular weight is 319 g/mol. The van der Waals surface area contributed by atoms with Crippen molar-refractivity contribution in [2.45, 2.75) is 19.9 Å². The Hall–Kier alpha value is -1.40. The number of thiazole rings is 1. The number of nitrogens with one attached hydrogen (secondary N) is 1. The molecule has 7 heteroatoms. The Morgan fingerprint density at radius 3 is 2.90 bits per heavy atom. The van der Waals surface area contributed by atoms with Gasteiger partial charge in [-0.25, -0.2) is 13.8 Å². The normalized spacial score (nSPS) is 10.8. The van der Waals surface area contributed by atoms with E-state index in [1.807, 2.05) is 13.0 Å². The van der Waals surface area contributed by atoms with Crippen LogP contribution in [0.15, 0.2) is 24.4 Å². The second-order valence-electron chi connectivity index (χ2n) is 4.13. The maximum Gasteiger partial charge on any atom is 0.272 e.